The minimum atomic E-state index is -2.38. The number of carbonyl (C=O) groups is 13. The maximum atomic E-state index is 14.1. The first-order chi connectivity index (χ1) is 38.3. The van der Waals surface area contributed by atoms with E-state index in [9.17, 15) is 62.3 Å². The highest BCUT2D eigenvalue weighted by Gasteiger charge is 2.57. The molecule has 3 aliphatic heterocycles. The monoisotopic (exact) mass is 1180 g/mol. The van der Waals surface area contributed by atoms with Gasteiger partial charge in [-0.3, -0.25) is 62.3 Å². The van der Waals surface area contributed by atoms with Crippen molar-refractivity contribution in [3.63, 3.8) is 0 Å². The second-order valence-corrected chi connectivity index (χ2v) is 18.5. The molecule has 82 heavy (non-hydrogen) atoms. The summed E-state index contributed by atoms with van der Waals surface area (Å²) in [7, 11) is 0. The third-order valence-electron chi connectivity index (χ3n) is 11.2. The highest BCUT2D eigenvalue weighted by molar-refractivity contribution is 5.78. The molecule has 1 N–H and O–H groups in total. The normalized spacial score (nSPS) is 27.7. The van der Waals surface area contributed by atoms with Crippen LogP contribution in [0.15, 0.2) is 12.7 Å². The van der Waals surface area contributed by atoms with E-state index in [0.29, 0.717) is 0 Å². The molecule has 3 saturated heterocycles. The summed E-state index contributed by atoms with van der Waals surface area (Å²) in [6, 6.07) is 0. The molecule has 0 saturated carbocycles. The molecule has 3 aliphatic rings. The fraction of sp³-hybridized carbons (Fsp3) is 0.700. The van der Waals surface area contributed by atoms with E-state index in [4.69, 9.17) is 85.3 Å². The molecule has 32 nitrogen and oxygen atoms in total. The largest absolute Gasteiger partial charge is 0.463 e. The van der Waals surface area contributed by atoms with Crippen molar-refractivity contribution in [3.8, 4) is 0 Å². The summed E-state index contributed by atoms with van der Waals surface area (Å²) >= 11 is 0. The van der Waals surface area contributed by atoms with E-state index in [0.717, 1.165) is 89.2 Å². The summed E-state index contributed by atoms with van der Waals surface area (Å²) in [4.78, 5) is 165. The number of esters is 12. The second-order valence-electron chi connectivity index (χ2n) is 18.5. The summed E-state index contributed by atoms with van der Waals surface area (Å²) in [5.74, 6) is -12.6. The zero-order chi connectivity index (χ0) is 61.8. The number of carbonyl (C=O) groups excluding carboxylic acids is 13. The Labute approximate surface area is 469 Å². The molecule has 0 bridgehead atoms. The summed E-state index contributed by atoms with van der Waals surface area (Å²) in [5.41, 5.74) is -2.38. The van der Waals surface area contributed by atoms with Gasteiger partial charge in [-0.15, -0.1) is 6.58 Å². The molecule has 0 aromatic heterocycles. The number of amides is 1. The Hall–Kier alpha value is -7.39. The summed E-state index contributed by atoms with van der Waals surface area (Å²) in [6.07, 6.45) is -26.3. The Bertz CT molecular complexity index is 2110. The van der Waals surface area contributed by atoms with Crippen LogP contribution in [-0.4, -0.2) is 215 Å². The van der Waals surface area contributed by atoms with Crippen molar-refractivity contribution in [3.05, 3.63) is 12.7 Å². The van der Waals surface area contributed by atoms with Crippen LogP contribution in [0, 0.1) is 0 Å². The van der Waals surface area contributed by atoms with E-state index < -0.39 is 221 Å². The lowest BCUT2D eigenvalue weighted by Crippen LogP contribution is -2.67. The molecule has 32 heteroatoms. The lowest BCUT2D eigenvalue weighted by Gasteiger charge is -2.47. The van der Waals surface area contributed by atoms with E-state index in [1.807, 2.05) is 0 Å². The van der Waals surface area contributed by atoms with Crippen molar-refractivity contribution in [2.24, 2.45) is 0 Å². The SMILES string of the molecule is C=CCC(=O)NC(CO[C@@H]1O[C@H](COC(C)=O)[C@@H](OC(C)=O)[C@H](OC(C)=O)[C@H]1OC(C)=O)(CO[C@@H]1O[C@H](COC(C)=O)[C@@H](OC(C)=O)[C@H](OC(C)=O)[C@H]1OC(C)=O)CO[C@@H]1O[C@H](COC(C)=O)[C@@H](OC(C)=O)[C@H](OC(C)=O)[C@H]1OC(C)=O. The van der Waals surface area contributed by atoms with Gasteiger partial charge in [0.15, 0.2) is 73.8 Å². The number of nitrogens with one attached hydrogen (secondary N) is 1. The van der Waals surface area contributed by atoms with Crippen LogP contribution in [0.2, 0.25) is 0 Å². The standard InChI is InChI=1S/C50H69NO31/c1-14-15-37(64)51-50(19-68-47-44(77-31(11)61)41(74-28(8)58)38(71-25(5)55)34(80-47)16-65-22(2)52,20-69-48-45(78-32(12)62)42(75-29(9)59)39(72-26(6)56)35(81-48)17-66-23(3)53)21-70-49-46(79-33(13)63)43(76-30(10)60)40(73-27(7)57)36(82-49)18-67-24(4)54/h14,34-36,38-49H,1,15-21H2,2-13H3,(H,51,64)/t34-,35-,36-,38-,39-,40-,41+,42+,43+,44-,45-,46-,47-,48-,49-/m1/s1. The minimum absolute atomic E-state index is 0.501. The number of hydrogen-bond donors (Lipinski definition) is 1. The molecule has 460 valence electrons. The van der Waals surface area contributed by atoms with Crippen molar-refractivity contribution in [2.45, 2.75) is 187 Å². The molecule has 0 spiro atoms. The summed E-state index contributed by atoms with van der Waals surface area (Å²) < 4.78 is 103. The molecule has 0 unspecified atom stereocenters. The Kier molecular flexibility index (Phi) is 27.1. The average Bonchev–Trinajstić information content (AvgIpc) is 3.55. The van der Waals surface area contributed by atoms with Gasteiger partial charge in [-0.2, -0.15) is 0 Å². The fourth-order valence-electron chi connectivity index (χ4n) is 8.40. The Balaban J connectivity index is 2.44. The van der Waals surface area contributed by atoms with Gasteiger partial charge in [0.2, 0.25) is 5.91 Å². The van der Waals surface area contributed by atoms with Gasteiger partial charge in [0, 0.05) is 89.5 Å². The highest BCUT2D eigenvalue weighted by Crippen LogP contribution is 2.35. The van der Waals surface area contributed by atoms with Crippen LogP contribution < -0.4 is 5.32 Å². The predicted molar refractivity (Wildman–Crippen MR) is 259 cm³/mol. The molecule has 3 fully saturated rings. The van der Waals surface area contributed by atoms with Crippen molar-refractivity contribution in [1.82, 2.24) is 5.32 Å². The van der Waals surface area contributed by atoms with E-state index in [1.54, 1.807) is 0 Å². The first-order valence-corrected chi connectivity index (χ1v) is 25.0. The maximum Gasteiger partial charge on any atom is 0.303 e. The van der Waals surface area contributed by atoms with Crippen molar-refractivity contribution in [2.75, 3.05) is 39.6 Å². The molecule has 0 aromatic rings. The molecule has 3 heterocycles. The van der Waals surface area contributed by atoms with Gasteiger partial charge >= 0.3 is 71.6 Å². The van der Waals surface area contributed by atoms with Crippen molar-refractivity contribution in [1.29, 1.82) is 0 Å². The quantitative estimate of drug-likeness (QED) is 0.0568. The lowest BCUT2D eigenvalue weighted by atomic mass is 9.96. The van der Waals surface area contributed by atoms with Gasteiger partial charge in [0.05, 0.1) is 19.8 Å². The van der Waals surface area contributed by atoms with Crippen LogP contribution >= 0.6 is 0 Å². The molecule has 3 rings (SSSR count). The Morgan fingerprint density at radius 1 is 0.354 bits per heavy atom. The molecular formula is C50H69NO31. The average molecular weight is 1180 g/mol. The second kappa shape index (κ2) is 32.3. The van der Waals surface area contributed by atoms with Crippen LogP contribution in [0.3, 0.4) is 0 Å². The van der Waals surface area contributed by atoms with E-state index >= 15 is 0 Å². The van der Waals surface area contributed by atoms with Gasteiger partial charge in [-0.1, -0.05) is 6.08 Å². The van der Waals surface area contributed by atoms with E-state index in [2.05, 4.69) is 11.9 Å². The van der Waals surface area contributed by atoms with Gasteiger partial charge in [-0.05, 0) is 0 Å². The lowest BCUT2D eigenvalue weighted by molar-refractivity contribution is -0.328. The summed E-state index contributed by atoms with van der Waals surface area (Å²) in [5, 5.41) is 2.66. The van der Waals surface area contributed by atoms with Crippen molar-refractivity contribution < 1.29 is 148 Å². The third-order valence-corrected chi connectivity index (χ3v) is 11.2. The zero-order valence-corrected chi connectivity index (χ0v) is 47.1. The van der Waals surface area contributed by atoms with Crippen LogP contribution in [-0.2, 0) is 148 Å². The van der Waals surface area contributed by atoms with E-state index in [-0.39, 0.29) is 0 Å². The maximum absolute atomic E-state index is 14.1. The molecule has 0 aromatic carbocycles. The minimum Gasteiger partial charge on any atom is -0.463 e. The van der Waals surface area contributed by atoms with Crippen LogP contribution in [0.4, 0.5) is 0 Å². The molecule has 1 amide bonds. The van der Waals surface area contributed by atoms with Crippen molar-refractivity contribution >= 4 is 77.5 Å². The third kappa shape index (κ3) is 22.2. The van der Waals surface area contributed by atoms with Gasteiger partial charge in [-0.25, -0.2) is 0 Å². The Morgan fingerprint density at radius 3 is 0.780 bits per heavy atom. The highest BCUT2D eigenvalue weighted by atomic mass is 16.8. The number of rotatable bonds is 27. The van der Waals surface area contributed by atoms with E-state index in [1.165, 1.54) is 0 Å². The van der Waals surface area contributed by atoms with Gasteiger partial charge in [0.25, 0.3) is 0 Å². The smallest absolute Gasteiger partial charge is 0.303 e. The van der Waals surface area contributed by atoms with Gasteiger partial charge < -0.3 is 90.6 Å². The Morgan fingerprint density at radius 2 is 0.573 bits per heavy atom. The zero-order valence-electron chi connectivity index (χ0n) is 47.1. The molecular weight excluding hydrogens is 1110 g/mol. The first kappa shape index (κ1) is 68.9. The fourth-order valence-corrected chi connectivity index (χ4v) is 8.40. The van der Waals surface area contributed by atoms with Crippen LogP contribution in [0.25, 0.3) is 0 Å². The molecule has 0 aliphatic carbocycles. The summed E-state index contributed by atoms with van der Waals surface area (Å²) in [6.45, 7) is 10.0. The molecule has 0 radical (unpaired) electrons. The van der Waals surface area contributed by atoms with Crippen LogP contribution in [0.1, 0.15) is 89.5 Å². The number of ether oxygens (including phenoxy) is 18. The van der Waals surface area contributed by atoms with Gasteiger partial charge in [0.1, 0.15) is 43.7 Å². The first-order valence-electron chi connectivity index (χ1n) is 25.0. The topological polar surface area (TPSA) is 400 Å². The predicted octanol–water partition coefficient (Wildman–Crippen LogP) is -1.28. The van der Waals surface area contributed by atoms with Crippen LogP contribution in [0.5, 0.6) is 0 Å². The number of hydrogen-bond acceptors (Lipinski definition) is 31. The molecule has 15 atom stereocenters.